The summed E-state index contributed by atoms with van der Waals surface area (Å²) in [4.78, 5) is 2.94. The van der Waals surface area contributed by atoms with Crippen molar-refractivity contribution in [3.63, 3.8) is 0 Å². The third-order valence-corrected chi connectivity index (χ3v) is 5.92. The lowest BCUT2D eigenvalue weighted by Gasteiger charge is -2.53. The molecule has 118 valence electrons. The van der Waals surface area contributed by atoms with E-state index >= 15 is 0 Å². The Morgan fingerprint density at radius 3 is 2.15 bits per heavy atom. The van der Waals surface area contributed by atoms with E-state index in [-0.39, 0.29) is 0 Å². The van der Waals surface area contributed by atoms with Crippen LogP contribution in [-0.4, -0.2) is 35.6 Å². The van der Waals surface area contributed by atoms with Gasteiger partial charge in [-0.15, -0.1) is 0 Å². The van der Waals surface area contributed by atoms with Gasteiger partial charge in [-0.2, -0.15) is 0 Å². The van der Waals surface area contributed by atoms with E-state index in [0.29, 0.717) is 0 Å². The van der Waals surface area contributed by atoms with Crippen molar-refractivity contribution in [3.05, 3.63) is 0 Å². The summed E-state index contributed by atoms with van der Waals surface area (Å²) in [6.07, 6.45) is 11.1. The van der Waals surface area contributed by atoms with E-state index in [1.807, 2.05) is 0 Å². The Balaban J connectivity index is 2.00. The maximum atomic E-state index is 3.79. The van der Waals surface area contributed by atoms with E-state index in [4.69, 9.17) is 0 Å². The Morgan fingerprint density at radius 2 is 1.65 bits per heavy atom. The van der Waals surface area contributed by atoms with Crippen molar-refractivity contribution in [2.24, 2.45) is 5.92 Å². The molecule has 3 atom stereocenters. The van der Waals surface area contributed by atoms with E-state index in [1.165, 1.54) is 57.9 Å². The molecule has 1 N–H and O–H groups in total. The van der Waals surface area contributed by atoms with Crippen molar-refractivity contribution < 1.29 is 0 Å². The van der Waals surface area contributed by atoms with Crippen molar-refractivity contribution in [1.29, 1.82) is 0 Å². The van der Waals surface area contributed by atoms with Gasteiger partial charge in [0.2, 0.25) is 0 Å². The van der Waals surface area contributed by atoms with Gasteiger partial charge >= 0.3 is 0 Å². The van der Waals surface area contributed by atoms with Gasteiger partial charge in [0.1, 0.15) is 0 Å². The summed E-state index contributed by atoms with van der Waals surface area (Å²) >= 11 is 0. The van der Waals surface area contributed by atoms with Gasteiger partial charge < -0.3 is 5.32 Å². The monoisotopic (exact) mass is 280 g/mol. The second kappa shape index (κ2) is 7.79. The van der Waals surface area contributed by atoms with Crippen LogP contribution in [0.5, 0.6) is 0 Å². The van der Waals surface area contributed by atoms with Crippen molar-refractivity contribution >= 4 is 0 Å². The fourth-order valence-electron chi connectivity index (χ4n) is 4.81. The SMILES string of the molecule is CCCNC1CC2CCCC(C1)N2C(C)C(CC)CC. The molecule has 0 radical (unpaired) electrons. The number of nitrogens with zero attached hydrogens (tertiary/aromatic N) is 1. The fourth-order valence-corrected chi connectivity index (χ4v) is 4.81. The molecule has 0 saturated carbocycles. The van der Waals surface area contributed by atoms with Crippen molar-refractivity contribution in [1.82, 2.24) is 10.2 Å². The summed E-state index contributed by atoms with van der Waals surface area (Å²) in [5, 5.41) is 3.79. The zero-order chi connectivity index (χ0) is 14.5. The Morgan fingerprint density at radius 1 is 1.05 bits per heavy atom. The molecule has 2 nitrogen and oxygen atoms in total. The molecule has 2 aliphatic rings. The number of hydrogen-bond donors (Lipinski definition) is 1. The smallest absolute Gasteiger partial charge is 0.0116 e. The van der Waals surface area contributed by atoms with Crippen LogP contribution in [0.3, 0.4) is 0 Å². The van der Waals surface area contributed by atoms with Crippen LogP contribution in [-0.2, 0) is 0 Å². The second-order valence-electron chi connectivity index (χ2n) is 7.13. The third-order valence-electron chi connectivity index (χ3n) is 5.92. The average Bonchev–Trinajstić information content (AvgIpc) is 2.45. The Hall–Kier alpha value is -0.0800. The number of piperidine rings is 2. The first kappa shape index (κ1) is 16.3. The van der Waals surface area contributed by atoms with Gasteiger partial charge in [-0.05, 0) is 51.5 Å². The lowest BCUT2D eigenvalue weighted by molar-refractivity contribution is -0.0249. The van der Waals surface area contributed by atoms with Crippen molar-refractivity contribution in [2.75, 3.05) is 6.54 Å². The molecule has 3 unspecified atom stereocenters. The highest BCUT2D eigenvalue weighted by Crippen LogP contribution is 2.38. The quantitative estimate of drug-likeness (QED) is 0.752. The van der Waals surface area contributed by atoms with Gasteiger partial charge in [0.25, 0.3) is 0 Å². The first-order valence-electron chi connectivity index (χ1n) is 9.21. The summed E-state index contributed by atoms with van der Waals surface area (Å²) in [5.74, 6) is 0.887. The average molecular weight is 280 g/mol. The minimum absolute atomic E-state index is 0.785. The summed E-state index contributed by atoms with van der Waals surface area (Å²) in [7, 11) is 0. The molecule has 0 aliphatic carbocycles. The molecule has 2 heteroatoms. The summed E-state index contributed by atoms with van der Waals surface area (Å²) < 4.78 is 0. The van der Waals surface area contributed by atoms with Crippen LogP contribution in [0.2, 0.25) is 0 Å². The largest absolute Gasteiger partial charge is 0.314 e. The fraction of sp³-hybridized carbons (Fsp3) is 1.00. The first-order valence-corrected chi connectivity index (χ1v) is 9.21. The Kier molecular flexibility index (Phi) is 6.35. The van der Waals surface area contributed by atoms with Gasteiger partial charge in [-0.1, -0.05) is 40.0 Å². The zero-order valence-corrected chi connectivity index (χ0v) is 14.2. The Bertz CT molecular complexity index is 261. The molecule has 2 heterocycles. The summed E-state index contributed by atoms with van der Waals surface area (Å²) in [5.41, 5.74) is 0. The first-order chi connectivity index (χ1) is 9.71. The van der Waals surface area contributed by atoms with Gasteiger partial charge in [0.15, 0.2) is 0 Å². The van der Waals surface area contributed by atoms with Crippen molar-refractivity contribution in [2.45, 2.75) is 103 Å². The third kappa shape index (κ3) is 3.57. The normalized spacial score (nSPS) is 32.5. The molecule has 2 bridgehead atoms. The van der Waals surface area contributed by atoms with Crippen LogP contribution in [0.15, 0.2) is 0 Å². The zero-order valence-electron chi connectivity index (χ0n) is 14.2. The molecule has 0 aromatic heterocycles. The van der Waals surface area contributed by atoms with E-state index in [2.05, 4.69) is 37.9 Å². The van der Waals surface area contributed by atoms with Gasteiger partial charge in [-0.25, -0.2) is 0 Å². The molecule has 2 fully saturated rings. The predicted molar refractivity (Wildman–Crippen MR) is 88.1 cm³/mol. The van der Waals surface area contributed by atoms with Crippen LogP contribution in [0.25, 0.3) is 0 Å². The molecular weight excluding hydrogens is 244 g/mol. The number of hydrogen-bond acceptors (Lipinski definition) is 2. The molecule has 0 amide bonds. The van der Waals surface area contributed by atoms with Gasteiger partial charge in [0, 0.05) is 24.2 Å². The van der Waals surface area contributed by atoms with Gasteiger partial charge in [-0.3, -0.25) is 4.90 Å². The van der Waals surface area contributed by atoms with Gasteiger partial charge in [0.05, 0.1) is 0 Å². The van der Waals surface area contributed by atoms with Crippen molar-refractivity contribution in [3.8, 4) is 0 Å². The van der Waals surface area contributed by atoms with Crippen LogP contribution in [0, 0.1) is 5.92 Å². The highest BCUT2D eigenvalue weighted by atomic mass is 15.2. The van der Waals surface area contributed by atoms with Crippen LogP contribution < -0.4 is 5.32 Å². The minimum Gasteiger partial charge on any atom is -0.314 e. The highest BCUT2D eigenvalue weighted by molar-refractivity contribution is 4.97. The molecule has 2 aliphatic heterocycles. The Labute approximate surface area is 126 Å². The molecule has 0 aromatic carbocycles. The van der Waals surface area contributed by atoms with Crippen LogP contribution >= 0.6 is 0 Å². The molecule has 2 saturated heterocycles. The predicted octanol–water partition coefficient (Wildman–Crippen LogP) is 4.20. The molecular formula is C18H36N2. The van der Waals surface area contributed by atoms with E-state index < -0.39 is 0 Å². The maximum absolute atomic E-state index is 3.79. The maximum Gasteiger partial charge on any atom is 0.0116 e. The van der Waals surface area contributed by atoms with Crippen LogP contribution in [0.4, 0.5) is 0 Å². The number of fused-ring (bicyclic) bond motifs is 2. The minimum atomic E-state index is 0.785. The molecule has 20 heavy (non-hydrogen) atoms. The van der Waals surface area contributed by atoms with E-state index in [1.54, 1.807) is 0 Å². The lowest BCUT2D eigenvalue weighted by Crippen LogP contribution is -2.60. The second-order valence-corrected chi connectivity index (χ2v) is 7.13. The number of rotatable bonds is 7. The molecule has 2 rings (SSSR count). The standard InChI is InChI=1S/C18H36N2/c1-5-11-19-16-12-17-9-8-10-18(13-16)20(17)14(4)15(6-2)7-3/h14-19H,5-13H2,1-4H3. The van der Waals surface area contributed by atoms with E-state index in [9.17, 15) is 0 Å². The topological polar surface area (TPSA) is 15.3 Å². The number of nitrogens with one attached hydrogen (secondary N) is 1. The lowest BCUT2D eigenvalue weighted by atomic mass is 9.78. The summed E-state index contributed by atoms with van der Waals surface area (Å²) in [6, 6.07) is 3.28. The van der Waals surface area contributed by atoms with E-state index in [0.717, 1.165) is 30.1 Å². The molecule has 0 spiro atoms. The molecule has 0 aromatic rings. The van der Waals surface area contributed by atoms with Crippen LogP contribution in [0.1, 0.15) is 79.1 Å². The highest BCUT2D eigenvalue weighted by Gasteiger charge is 2.41. The summed E-state index contributed by atoms with van der Waals surface area (Å²) in [6.45, 7) is 10.7.